The molecule has 10 nitrogen and oxygen atoms in total. The van der Waals surface area contributed by atoms with Gasteiger partial charge in [-0.1, -0.05) is 34.9 Å². The minimum Gasteiger partial charge on any atom is -0.508 e. The zero-order valence-corrected chi connectivity index (χ0v) is 32.6. The fourth-order valence-corrected chi connectivity index (χ4v) is 11.0. The zero-order valence-electron chi connectivity index (χ0n) is 30.3. The van der Waals surface area contributed by atoms with Crippen LogP contribution in [0.5, 0.6) is 11.5 Å². The maximum atomic E-state index is 15.1. The Morgan fingerprint density at radius 1 is 0.912 bits per heavy atom. The van der Waals surface area contributed by atoms with Crippen molar-refractivity contribution in [1.29, 1.82) is 0 Å². The average molecular weight is 836 g/mol. The molecule has 2 aliphatic carbocycles. The molecule has 292 valence electrons. The molecule has 9 rings (SSSR count). The largest absolute Gasteiger partial charge is 0.573 e. The lowest BCUT2D eigenvalue weighted by atomic mass is 9.51. The van der Waals surface area contributed by atoms with Crippen LogP contribution in [-0.2, 0) is 26.2 Å². The van der Waals surface area contributed by atoms with E-state index in [4.69, 9.17) is 28.3 Å². The topological polar surface area (TPSA) is 122 Å². The first-order chi connectivity index (χ1) is 27.0. The number of allylic oxidation sites excluding steroid dienone is 2. The molecule has 2 saturated heterocycles. The molecule has 2 aliphatic heterocycles. The number of rotatable bonds is 5. The van der Waals surface area contributed by atoms with Crippen LogP contribution in [0.15, 0.2) is 78.4 Å². The number of phenols is 1. The van der Waals surface area contributed by atoms with Gasteiger partial charge in [0.1, 0.15) is 23.0 Å². The number of halogens is 5. The standard InChI is InChI=1S/C41H31Cl2F3N4O6S/c1-18-25-14-20(43)6-13-31(25)57-35(18)29-17-32(48(3)47-29)50-37(53)28-16-26-23(10-11-24-33(26)38(54)49(36(24)52)21-7-4-19(42)5-8-21)34(40(28,2)39(50)55)27-15-22(9-12-30(27)51)56-41(44,45)46/h4-10,12-15,17,24,26,28,33-34,51H,11,16H2,1-3H3/t24-,26+,28-,33-,34+,40+/m0/s1. The van der Waals surface area contributed by atoms with E-state index in [-0.39, 0.29) is 24.2 Å². The minimum atomic E-state index is -5.07. The number of alkyl halides is 3. The van der Waals surface area contributed by atoms with Gasteiger partial charge in [0.05, 0.1) is 33.7 Å². The highest BCUT2D eigenvalue weighted by Gasteiger charge is 2.68. The third kappa shape index (κ3) is 5.62. The van der Waals surface area contributed by atoms with Gasteiger partial charge in [0, 0.05) is 39.3 Å². The number of phenolic OH excluding ortho intramolecular Hbond substituents is 1. The van der Waals surface area contributed by atoms with E-state index in [1.54, 1.807) is 56.4 Å². The highest BCUT2D eigenvalue weighted by molar-refractivity contribution is 7.22. The number of nitrogens with zero attached hydrogens (tertiary/aromatic N) is 4. The van der Waals surface area contributed by atoms with Crippen LogP contribution in [0.25, 0.3) is 20.7 Å². The van der Waals surface area contributed by atoms with E-state index in [0.717, 1.165) is 48.5 Å². The quantitative estimate of drug-likeness (QED) is 0.139. The molecule has 16 heteroatoms. The number of hydrogen-bond donors (Lipinski definition) is 1. The van der Waals surface area contributed by atoms with Crippen LogP contribution in [0.2, 0.25) is 10.0 Å². The zero-order chi connectivity index (χ0) is 40.5. The lowest BCUT2D eigenvalue weighted by molar-refractivity contribution is -0.274. The summed E-state index contributed by atoms with van der Waals surface area (Å²) in [5, 5.41) is 18.0. The molecule has 0 radical (unpaired) electrons. The first kappa shape index (κ1) is 37.4. The number of aromatic hydroxyl groups is 1. The first-order valence-corrected chi connectivity index (χ1v) is 19.6. The fraction of sp³-hybridized carbons (Fsp3) is 0.293. The summed E-state index contributed by atoms with van der Waals surface area (Å²) in [6.07, 6.45) is -3.26. The molecule has 0 bridgehead atoms. The SMILES string of the molecule is Cc1c(-c2cc(N3C(=O)[C@@H]4C[C@@H]5C(=CC[C@@H]6C(=O)N(c7ccc(Cl)cc7)C(=O)[C@@H]65)[C@H](c5cc(OC(F)(F)F)ccc5O)[C@]4(C)C3=O)n(C)n2)sc2ccc(Cl)cc12. The van der Waals surface area contributed by atoms with Crippen molar-refractivity contribution in [2.45, 2.75) is 39.0 Å². The molecule has 3 aromatic carbocycles. The third-order valence-corrected chi connectivity index (χ3v) is 13.9. The van der Waals surface area contributed by atoms with Crippen molar-refractivity contribution in [2.75, 3.05) is 9.80 Å². The van der Waals surface area contributed by atoms with Crippen molar-refractivity contribution < 1.29 is 42.2 Å². The number of aryl methyl sites for hydroxylation is 2. The second kappa shape index (κ2) is 12.9. The number of thiophene rings is 1. The molecule has 1 N–H and O–H groups in total. The van der Waals surface area contributed by atoms with Gasteiger partial charge < -0.3 is 9.84 Å². The molecule has 1 saturated carbocycles. The van der Waals surface area contributed by atoms with Gasteiger partial charge in [0.15, 0.2) is 0 Å². The number of imide groups is 2. The van der Waals surface area contributed by atoms with E-state index in [0.29, 0.717) is 27.0 Å². The second-order valence-electron chi connectivity index (χ2n) is 15.1. The molecule has 4 heterocycles. The van der Waals surface area contributed by atoms with Gasteiger partial charge in [-0.3, -0.25) is 28.8 Å². The number of carbonyl (C=O) groups excluding carboxylic acids is 4. The molecular formula is C41H31Cl2F3N4O6S. The first-order valence-electron chi connectivity index (χ1n) is 18.0. The molecule has 0 spiro atoms. The van der Waals surface area contributed by atoms with Crippen molar-refractivity contribution in [1.82, 2.24) is 9.78 Å². The molecule has 57 heavy (non-hydrogen) atoms. The van der Waals surface area contributed by atoms with Gasteiger partial charge in [-0.25, -0.2) is 4.90 Å². The van der Waals surface area contributed by atoms with Crippen LogP contribution in [0, 0.1) is 36.0 Å². The number of benzene rings is 3. The van der Waals surface area contributed by atoms with Crippen LogP contribution < -0.4 is 14.5 Å². The predicted octanol–water partition coefficient (Wildman–Crippen LogP) is 8.96. The summed E-state index contributed by atoms with van der Waals surface area (Å²) in [5.74, 6) is -7.98. The van der Waals surface area contributed by atoms with Crippen LogP contribution >= 0.6 is 34.5 Å². The minimum absolute atomic E-state index is 0.0189. The predicted molar refractivity (Wildman–Crippen MR) is 207 cm³/mol. The number of carbonyl (C=O) groups is 4. The fourth-order valence-electron chi connectivity index (χ4n) is 9.60. The Labute approximate surface area is 337 Å². The summed E-state index contributed by atoms with van der Waals surface area (Å²) in [6, 6.07) is 16.4. The van der Waals surface area contributed by atoms with Gasteiger partial charge in [-0.2, -0.15) is 5.10 Å². The van der Waals surface area contributed by atoms with Crippen LogP contribution in [0.1, 0.15) is 36.8 Å². The summed E-state index contributed by atoms with van der Waals surface area (Å²) < 4.78 is 47.2. The van der Waals surface area contributed by atoms with Crippen molar-refractivity contribution >= 4 is 79.8 Å². The average Bonchev–Trinajstić information content (AvgIpc) is 3.82. The van der Waals surface area contributed by atoms with Crippen LogP contribution in [0.4, 0.5) is 24.7 Å². The second-order valence-corrected chi connectivity index (χ2v) is 17.1. The van der Waals surface area contributed by atoms with Crippen molar-refractivity contribution in [3.05, 3.63) is 99.6 Å². The molecule has 6 atom stereocenters. The van der Waals surface area contributed by atoms with E-state index in [9.17, 15) is 32.7 Å². The summed E-state index contributed by atoms with van der Waals surface area (Å²) >= 11 is 13.9. The number of hydrogen-bond acceptors (Lipinski definition) is 8. The maximum Gasteiger partial charge on any atom is 0.573 e. The Morgan fingerprint density at radius 3 is 2.35 bits per heavy atom. The van der Waals surface area contributed by atoms with Crippen molar-refractivity contribution in [3.8, 4) is 22.1 Å². The third-order valence-electron chi connectivity index (χ3n) is 12.1. The molecule has 0 unspecified atom stereocenters. The van der Waals surface area contributed by atoms with Gasteiger partial charge in [-0.05, 0) is 104 Å². The van der Waals surface area contributed by atoms with Crippen LogP contribution in [-0.4, -0.2) is 44.9 Å². The van der Waals surface area contributed by atoms with Crippen LogP contribution in [0.3, 0.4) is 0 Å². The highest BCUT2D eigenvalue weighted by atomic mass is 35.5. The monoisotopic (exact) mass is 834 g/mol. The summed E-state index contributed by atoms with van der Waals surface area (Å²) in [4.78, 5) is 61.2. The Hall–Kier alpha value is -5.18. The molecular weight excluding hydrogens is 804 g/mol. The van der Waals surface area contributed by atoms with E-state index < -0.39 is 76.5 Å². The number of fused-ring (bicyclic) bond motifs is 5. The summed E-state index contributed by atoms with van der Waals surface area (Å²) in [6.45, 7) is 3.50. The Balaban J connectivity index is 1.17. The normalized spacial score (nSPS) is 25.9. The summed E-state index contributed by atoms with van der Waals surface area (Å²) in [7, 11) is 1.60. The lowest BCUT2D eigenvalue weighted by Gasteiger charge is -2.49. The van der Waals surface area contributed by atoms with Gasteiger partial charge in [0.2, 0.25) is 23.6 Å². The summed E-state index contributed by atoms with van der Waals surface area (Å²) in [5.41, 5.74) is 0.453. The van der Waals surface area contributed by atoms with Gasteiger partial charge in [-0.15, -0.1) is 24.5 Å². The number of amides is 4. The Bertz CT molecular complexity index is 2620. The number of anilines is 2. The van der Waals surface area contributed by atoms with E-state index in [1.807, 2.05) is 19.1 Å². The number of ether oxygens (including phenoxy) is 1. The highest BCUT2D eigenvalue weighted by Crippen LogP contribution is 2.65. The Kier molecular flexibility index (Phi) is 8.48. The van der Waals surface area contributed by atoms with E-state index >= 15 is 4.79 Å². The number of aromatic nitrogens is 2. The van der Waals surface area contributed by atoms with Crippen molar-refractivity contribution in [3.63, 3.8) is 0 Å². The molecule has 3 fully saturated rings. The molecule has 4 amide bonds. The molecule has 5 aromatic rings. The van der Waals surface area contributed by atoms with Crippen molar-refractivity contribution in [2.24, 2.45) is 36.1 Å². The van der Waals surface area contributed by atoms with E-state index in [1.165, 1.54) is 16.0 Å². The van der Waals surface area contributed by atoms with Gasteiger partial charge >= 0.3 is 6.36 Å². The van der Waals surface area contributed by atoms with Gasteiger partial charge in [0.25, 0.3) is 0 Å². The molecule has 2 aromatic heterocycles. The smallest absolute Gasteiger partial charge is 0.508 e. The maximum absolute atomic E-state index is 15.1. The molecule has 4 aliphatic rings. The Morgan fingerprint density at radius 2 is 1.63 bits per heavy atom. The van der Waals surface area contributed by atoms with E-state index in [2.05, 4.69) is 4.74 Å². The lowest BCUT2D eigenvalue weighted by Crippen LogP contribution is -2.49.